The molecule has 0 amide bonds. The van der Waals surface area contributed by atoms with Gasteiger partial charge in [-0.15, -0.1) is 0 Å². The lowest BCUT2D eigenvalue weighted by atomic mass is 9.77. The van der Waals surface area contributed by atoms with E-state index in [-0.39, 0.29) is 10.8 Å². The Kier molecular flexibility index (Phi) is 7.48. The Balaban J connectivity index is 1.12. The van der Waals surface area contributed by atoms with Crippen LogP contribution in [0, 0.1) is 12.7 Å². The van der Waals surface area contributed by atoms with Gasteiger partial charge in [0, 0.05) is 23.2 Å². The molecule has 0 unspecified atom stereocenters. The fourth-order valence-electron chi connectivity index (χ4n) is 7.10. The van der Waals surface area contributed by atoms with Crippen LogP contribution >= 0.6 is 0 Å². The minimum atomic E-state index is -0.285. The number of nitrogens with zero attached hydrogens (tertiary/aromatic N) is 6. The van der Waals surface area contributed by atoms with Gasteiger partial charge in [0.2, 0.25) is 12.7 Å². The number of imidazole rings is 2. The molecule has 0 spiro atoms. The summed E-state index contributed by atoms with van der Waals surface area (Å²) in [6.45, 7) is 9.09. The molecule has 0 saturated carbocycles. The molecule has 6 heteroatoms. The second kappa shape index (κ2) is 11.9. The summed E-state index contributed by atoms with van der Waals surface area (Å²) < 4.78 is 8.37. The van der Waals surface area contributed by atoms with Crippen molar-refractivity contribution in [3.8, 4) is 22.8 Å². The second-order valence-corrected chi connectivity index (χ2v) is 14.2. The van der Waals surface area contributed by atoms with E-state index in [0.29, 0.717) is 0 Å². The maximum Gasteiger partial charge on any atom is 0.244 e. The van der Waals surface area contributed by atoms with Crippen molar-refractivity contribution in [2.75, 3.05) is 0 Å². The first-order chi connectivity index (χ1) is 24.1. The molecule has 0 fully saturated rings. The van der Waals surface area contributed by atoms with Crippen molar-refractivity contribution in [2.24, 2.45) is 14.1 Å². The fraction of sp³-hybridized carbons (Fsp3) is 0.182. The first kappa shape index (κ1) is 31.4. The molecule has 0 aliphatic carbocycles. The van der Waals surface area contributed by atoms with Crippen molar-refractivity contribution < 1.29 is 9.13 Å². The number of aryl methyl sites for hydroxylation is 2. The van der Waals surface area contributed by atoms with Crippen LogP contribution in [0.1, 0.15) is 49.9 Å². The number of para-hydroxylation sites is 4. The molecule has 8 rings (SSSR count). The normalized spacial score (nSPS) is 12.2. The van der Waals surface area contributed by atoms with Gasteiger partial charge in [0.15, 0.2) is 0 Å². The fourth-order valence-corrected chi connectivity index (χ4v) is 7.10. The zero-order valence-corrected chi connectivity index (χ0v) is 29.4. The van der Waals surface area contributed by atoms with Crippen LogP contribution in [0.4, 0.5) is 0 Å². The third-order valence-corrected chi connectivity index (χ3v) is 10.3. The van der Waals surface area contributed by atoms with E-state index in [1.807, 2.05) is 35.6 Å². The molecule has 0 saturated heterocycles. The Morgan fingerprint density at radius 2 is 0.880 bits per heavy atom. The van der Waals surface area contributed by atoms with Crippen molar-refractivity contribution in [3.63, 3.8) is 0 Å². The van der Waals surface area contributed by atoms with E-state index < -0.39 is 0 Å². The first-order valence-corrected chi connectivity index (χ1v) is 17.0. The minimum absolute atomic E-state index is 0.285. The van der Waals surface area contributed by atoms with Gasteiger partial charge in [0.05, 0.1) is 58.9 Å². The highest BCUT2D eigenvalue weighted by Crippen LogP contribution is 2.36. The number of pyridine rings is 2. The molecule has 50 heavy (non-hydrogen) atoms. The predicted octanol–water partition coefficient (Wildman–Crippen LogP) is 7.93. The van der Waals surface area contributed by atoms with Crippen molar-refractivity contribution in [2.45, 2.75) is 38.5 Å². The van der Waals surface area contributed by atoms with Gasteiger partial charge in [-0.1, -0.05) is 125 Å². The molecule has 0 atom stereocenters. The number of hydrogen-bond donors (Lipinski definition) is 0. The summed E-state index contributed by atoms with van der Waals surface area (Å²) >= 11 is 0. The minimum Gasteiger partial charge on any atom is -0.319 e. The average Bonchev–Trinajstić information content (AvgIpc) is 3.68. The van der Waals surface area contributed by atoms with Crippen LogP contribution in [0.15, 0.2) is 134 Å². The molecule has 0 aliphatic rings. The van der Waals surface area contributed by atoms with E-state index in [1.165, 1.54) is 22.3 Å². The number of aromatic nitrogens is 6. The van der Waals surface area contributed by atoms with Gasteiger partial charge < -0.3 is 18.3 Å². The van der Waals surface area contributed by atoms with E-state index in [1.54, 1.807) is 0 Å². The third kappa shape index (κ3) is 5.28. The summed E-state index contributed by atoms with van der Waals surface area (Å²) in [5.74, 6) is 0. The average molecular weight is 653 g/mol. The highest BCUT2D eigenvalue weighted by molar-refractivity contribution is 5.73. The molecule has 4 aromatic heterocycles. The van der Waals surface area contributed by atoms with Crippen LogP contribution in [-0.2, 0) is 24.9 Å². The zero-order chi connectivity index (χ0) is 34.6. The van der Waals surface area contributed by atoms with Crippen LogP contribution < -0.4 is 9.13 Å². The van der Waals surface area contributed by atoms with Gasteiger partial charge in [0.1, 0.15) is 0 Å². The van der Waals surface area contributed by atoms with Crippen LogP contribution in [0.3, 0.4) is 0 Å². The summed E-state index contributed by atoms with van der Waals surface area (Å²) in [5.41, 5.74) is 12.6. The summed E-state index contributed by atoms with van der Waals surface area (Å²) in [7, 11) is 4.08. The lowest BCUT2D eigenvalue weighted by Crippen LogP contribution is -2.30. The molecule has 8 aromatic rings. The van der Waals surface area contributed by atoms with Gasteiger partial charge in [-0.25, -0.2) is 0 Å². The maximum absolute atomic E-state index is 4.82. The van der Waals surface area contributed by atoms with Crippen LogP contribution in [0.2, 0.25) is 0 Å². The lowest BCUT2D eigenvalue weighted by Gasteiger charge is -2.28. The summed E-state index contributed by atoms with van der Waals surface area (Å²) in [5, 5.41) is 0. The Labute approximate surface area is 293 Å². The number of hydrogen-bond acceptors (Lipinski definition) is 2. The van der Waals surface area contributed by atoms with E-state index in [4.69, 9.17) is 9.97 Å². The molecule has 0 bridgehead atoms. The maximum atomic E-state index is 4.82. The van der Waals surface area contributed by atoms with Gasteiger partial charge in [-0.3, -0.25) is 9.97 Å². The predicted molar refractivity (Wildman–Crippen MR) is 198 cm³/mol. The Hall–Kier alpha value is -5.88. The largest absolute Gasteiger partial charge is 0.319 e. The standard InChI is InChI=1S/C44H40N6/c1-43(2,31-13-11-15-35(25-31)49-29-47(5)39-17-7-9-19-41(39)49)33-21-23-45-37(27-33)38-28-34(22-24-46-38)44(3,4)32-14-12-16-36(26-32)50-30-48(6)40-18-8-10-20-42(40)50/h7-28H,1-6H3. The SMILES string of the molecule is Cn1[c-][n+](-c2cccc(C(C)(C)c3ccnc(-c4cc(C(C)(C)c5cccc(-[n+]6[c-]n(C)c7ccccc76)c5)ccn4)c3)c2)c2ccccc21. The van der Waals surface area contributed by atoms with Crippen LogP contribution in [-0.4, -0.2) is 19.1 Å². The Bertz CT molecular complexity index is 2360. The van der Waals surface area contributed by atoms with Gasteiger partial charge in [0.25, 0.3) is 0 Å². The van der Waals surface area contributed by atoms with Crippen molar-refractivity contribution in [1.82, 2.24) is 19.1 Å². The van der Waals surface area contributed by atoms with Crippen molar-refractivity contribution in [3.05, 3.63) is 169 Å². The number of fused-ring (bicyclic) bond motifs is 2. The number of rotatable bonds is 7. The van der Waals surface area contributed by atoms with E-state index in [9.17, 15) is 0 Å². The first-order valence-electron chi connectivity index (χ1n) is 17.0. The summed E-state index contributed by atoms with van der Waals surface area (Å²) in [4.78, 5) is 9.63. The molecule has 0 radical (unpaired) electrons. The van der Waals surface area contributed by atoms with Crippen LogP contribution in [0.5, 0.6) is 0 Å². The molecule has 0 aliphatic heterocycles. The van der Waals surface area contributed by atoms with E-state index in [2.05, 4.69) is 171 Å². The van der Waals surface area contributed by atoms with E-state index in [0.717, 1.165) is 44.8 Å². The van der Waals surface area contributed by atoms with E-state index >= 15 is 0 Å². The molecule has 4 heterocycles. The molecule has 246 valence electrons. The Morgan fingerprint density at radius 3 is 1.32 bits per heavy atom. The molecule has 4 aromatic carbocycles. The monoisotopic (exact) mass is 652 g/mol. The Morgan fingerprint density at radius 1 is 0.480 bits per heavy atom. The number of benzene rings is 4. The van der Waals surface area contributed by atoms with Crippen molar-refractivity contribution >= 4 is 22.1 Å². The second-order valence-electron chi connectivity index (χ2n) is 14.2. The smallest absolute Gasteiger partial charge is 0.244 e. The highest BCUT2D eigenvalue weighted by atomic mass is 15.1. The van der Waals surface area contributed by atoms with Gasteiger partial charge in [-0.2, -0.15) is 0 Å². The molecule has 6 nitrogen and oxygen atoms in total. The highest BCUT2D eigenvalue weighted by Gasteiger charge is 2.27. The molecular weight excluding hydrogens is 613 g/mol. The summed E-state index contributed by atoms with van der Waals surface area (Å²) in [6, 6.07) is 42.9. The van der Waals surface area contributed by atoms with Crippen LogP contribution in [0.25, 0.3) is 44.8 Å². The quantitative estimate of drug-likeness (QED) is 0.130. The lowest BCUT2D eigenvalue weighted by molar-refractivity contribution is -0.573. The van der Waals surface area contributed by atoms with Crippen molar-refractivity contribution in [1.29, 1.82) is 0 Å². The topological polar surface area (TPSA) is 43.4 Å². The molecule has 0 N–H and O–H groups in total. The van der Waals surface area contributed by atoms with Gasteiger partial charge in [-0.05, 0) is 46.5 Å². The van der Waals surface area contributed by atoms with Gasteiger partial charge >= 0.3 is 0 Å². The summed E-state index contributed by atoms with van der Waals surface area (Å²) in [6.07, 6.45) is 10.8. The third-order valence-electron chi connectivity index (χ3n) is 10.3. The zero-order valence-electron chi connectivity index (χ0n) is 29.4. The molecular formula is C44H40N6.